The zero-order chi connectivity index (χ0) is 42.3. The van der Waals surface area contributed by atoms with Crippen LogP contribution < -0.4 is 32.6 Å². The van der Waals surface area contributed by atoms with Crippen LogP contribution in [0.1, 0.15) is 69.6 Å². The molecule has 5 rings (SSSR count). The second-order valence-corrected chi connectivity index (χ2v) is 19.2. The number of ether oxygens (including phenoxy) is 1. The third-order valence-corrected chi connectivity index (χ3v) is 14.4. The third kappa shape index (κ3) is 13.3. The first-order valence-corrected chi connectivity index (χ1v) is 23.6. The molecule has 0 spiro atoms. The minimum absolute atomic E-state index is 0.00670. The van der Waals surface area contributed by atoms with Gasteiger partial charge in [0.15, 0.2) is 5.65 Å². The van der Waals surface area contributed by atoms with Gasteiger partial charge in [0.1, 0.15) is 12.3 Å². The molecule has 0 aromatic carbocycles. The number of phosphoric ester groups is 1. The molecule has 0 aliphatic carbocycles. The van der Waals surface area contributed by atoms with Crippen molar-refractivity contribution in [2.75, 3.05) is 31.2 Å². The molecular formula is C30H45N8O16P3S. The van der Waals surface area contributed by atoms with E-state index in [4.69, 9.17) is 20.3 Å². The molecule has 2 aromatic rings. The van der Waals surface area contributed by atoms with Crippen molar-refractivity contribution in [3.63, 3.8) is 0 Å². The molecule has 3 saturated heterocycles. The number of phosphoric acid groups is 3. The monoisotopic (exact) mass is 898 g/mol. The van der Waals surface area contributed by atoms with E-state index >= 15 is 0 Å². The number of nitrogen functional groups attached to an aromatic ring is 1. The first-order chi connectivity index (χ1) is 27.3. The molecule has 2 aromatic heterocycles. The summed E-state index contributed by atoms with van der Waals surface area (Å²) in [6.07, 6.45) is 2.72. The fourth-order valence-electron chi connectivity index (χ4n) is 6.54. The molecule has 6 unspecified atom stereocenters. The number of carbonyl (C=O) groups is 3. The molecule has 0 saturated carbocycles. The number of hydrogen-bond acceptors (Lipinski definition) is 15. The van der Waals surface area contributed by atoms with Gasteiger partial charge in [-0.25, -0.2) is 18.5 Å². The number of anilines is 1. The summed E-state index contributed by atoms with van der Waals surface area (Å²) in [5.74, 6) is 5.95. The van der Waals surface area contributed by atoms with Crippen LogP contribution in [0.5, 0.6) is 0 Å². The summed E-state index contributed by atoms with van der Waals surface area (Å²) >= 11 is 1.85. The van der Waals surface area contributed by atoms with Crippen molar-refractivity contribution in [2.24, 2.45) is 0 Å². The molecule has 24 nitrogen and oxygen atoms in total. The number of nitrogens with two attached hydrogens (primary N) is 1. The van der Waals surface area contributed by atoms with Gasteiger partial charge in [0.25, 0.3) is 5.56 Å². The fraction of sp³-hybridized carbons (Fsp3) is 0.633. The lowest BCUT2D eigenvalue weighted by atomic mass is 10.0. The highest BCUT2D eigenvalue weighted by Gasteiger charge is 2.44. The van der Waals surface area contributed by atoms with Gasteiger partial charge in [-0.2, -0.15) is 25.4 Å². The maximum absolute atomic E-state index is 12.9. The van der Waals surface area contributed by atoms with Crippen molar-refractivity contribution in [3.8, 4) is 11.8 Å². The fourth-order valence-corrected chi connectivity index (χ4v) is 11.1. The number of fused-ring (bicyclic) bond motifs is 2. The first kappa shape index (κ1) is 45.7. The number of rotatable bonds is 20. The summed E-state index contributed by atoms with van der Waals surface area (Å²) in [6.45, 7) is -0.467. The van der Waals surface area contributed by atoms with Crippen LogP contribution in [-0.2, 0) is 41.2 Å². The largest absolute Gasteiger partial charge is 0.490 e. The average Bonchev–Trinajstić information content (AvgIpc) is 3.86. The van der Waals surface area contributed by atoms with Crippen molar-refractivity contribution in [2.45, 2.75) is 93.6 Å². The number of H-pyrrole nitrogens is 1. The highest BCUT2D eigenvalue weighted by atomic mass is 32.2. The van der Waals surface area contributed by atoms with Crippen LogP contribution in [0.3, 0.4) is 0 Å². The number of carbonyl (C=O) groups excluding carboxylic acids is 3. The number of hydrogen-bond donors (Lipinski definition) is 11. The molecule has 0 radical (unpaired) electrons. The van der Waals surface area contributed by atoms with Gasteiger partial charge in [0.05, 0.1) is 42.3 Å². The highest BCUT2D eigenvalue weighted by molar-refractivity contribution is 8.00. The van der Waals surface area contributed by atoms with Crippen LogP contribution >= 0.6 is 35.2 Å². The van der Waals surface area contributed by atoms with Crippen LogP contribution in [0.2, 0.25) is 0 Å². The van der Waals surface area contributed by atoms with Gasteiger partial charge in [-0.3, -0.25) is 23.9 Å². The molecule has 4 amide bonds. The van der Waals surface area contributed by atoms with Gasteiger partial charge in [0.2, 0.25) is 17.8 Å². The molecule has 322 valence electrons. The third-order valence-electron chi connectivity index (χ3n) is 9.11. The average molecular weight is 899 g/mol. The Morgan fingerprint density at radius 2 is 1.74 bits per heavy atom. The van der Waals surface area contributed by atoms with Gasteiger partial charge < -0.3 is 61.0 Å². The Balaban J connectivity index is 1.02. The normalized spacial score (nSPS) is 24.9. The molecule has 58 heavy (non-hydrogen) atoms. The number of aliphatic hydroxyl groups is 1. The number of urea groups is 1. The second-order valence-electron chi connectivity index (χ2n) is 13.5. The van der Waals surface area contributed by atoms with Crippen LogP contribution in [0, 0.1) is 11.8 Å². The Hall–Kier alpha value is -3.33. The number of nitrogens with one attached hydrogen (secondary N) is 5. The number of amides is 4. The van der Waals surface area contributed by atoms with E-state index in [1.54, 1.807) is 0 Å². The quantitative estimate of drug-likeness (QED) is 0.0365. The summed E-state index contributed by atoms with van der Waals surface area (Å²) in [5.41, 5.74) is 5.27. The topological polar surface area (TPSA) is 365 Å². The molecule has 5 heterocycles. The molecule has 0 bridgehead atoms. The molecule has 3 fully saturated rings. The molecule has 3 aliphatic heterocycles. The number of unbranched alkanes of at least 4 members (excludes halogenated alkanes) is 3. The van der Waals surface area contributed by atoms with Gasteiger partial charge in [0, 0.05) is 43.0 Å². The van der Waals surface area contributed by atoms with Gasteiger partial charge >= 0.3 is 29.5 Å². The van der Waals surface area contributed by atoms with E-state index in [-0.39, 0.29) is 71.9 Å². The summed E-state index contributed by atoms with van der Waals surface area (Å²) in [6, 6.07) is 0.235. The van der Waals surface area contributed by atoms with Gasteiger partial charge in [-0.05, 0) is 25.7 Å². The minimum Gasteiger partial charge on any atom is -0.390 e. The lowest BCUT2D eigenvalue weighted by molar-refractivity contribution is -0.122. The number of thioether (sulfide) groups is 1. The van der Waals surface area contributed by atoms with E-state index in [1.807, 2.05) is 11.8 Å². The summed E-state index contributed by atoms with van der Waals surface area (Å²) in [7, 11) is -16.9. The van der Waals surface area contributed by atoms with Crippen molar-refractivity contribution in [3.05, 3.63) is 22.1 Å². The summed E-state index contributed by atoms with van der Waals surface area (Å²) in [5, 5.41) is 22.4. The van der Waals surface area contributed by atoms with E-state index < -0.39 is 54.1 Å². The molecular weight excluding hydrogens is 853 g/mol. The smallest absolute Gasteiger partial charge is 0.390 e. The Morgan fingerprint density at radius 1 is 1.02 bits per heavy atom. The second kappa shape index (κ2) is 19.8. The number of aliphatic hydroxyl groups excluding tert-OH is 1. The van der Waals surface area contributed by atoms with Crippen LogP contribution in [0.15, 0.2) is 11.0 Å². The Bertz CT molecular complexity index is 2110. The Labute approximate surface area is 334 Å². The number of aromatic amines is 1. The van der Waals surface area contributed by atoms with E-state index in [9.17, 15) is 47.8 Å². The Morgan fingerprint density at radius 3 is 2.48 bits per heavy atom. The lowest BCUT2D eigenvalue weighted by Crippen LogP contribution is -2.36. The van der Waals surface area contributed by atoms with Crippen LogP contribution in [-0.4, -0.2) is 112 Å². The van der Waals surface area contributed by atoms with Gasteiger partial charge in [-0.1, -0.05) is 24.7 Å². The van der Waals surface area contributed by atoms with Crippen molar-refractivity contribution in [1.82, 2.24) is 35.8 Å². The maximum Gasteiger partial charge on any atom is 0.490 e. The van der Waals surface area contributed by atoms with E-state index in [2.05, 4.69) is 56.2 Å². The lowest BCUT2D eigenvalue weighted by Gasteiger charge is -2.19. The van der Waals surface area contributed by atoms with Crippen molar-refractivity contribution >= 4 is 70.1 Å². The standard InChI is InChI=1S/C30H45N8O16P3S/c31-29-36-27-25(28(42)37-29)17(14-38(27)24-13-19(39)20(52-24)15-51-56(47,48)54-57(49,50)53-55(44,45)46)7-6-12-33-22(40)9-2-1-5-11-32-23(41)10-4-3-8-21-26-18(16-58-21)34-30(43)35-26/h14,18-21,24,26,39H,1-5,8-13,15-16H2,(H,32,41)(H,33,40)(H,47,48)(H,49,50)(H2,34,35,43)(H2,44,45,46)(H3,31,36,37,42)/t18?,19?,20-,21?,24-,26?/m1/s1. The van der Waals surface area contributed by atoms with E-state index in [0.29, 0.717) is 31.1 Å². The molecule has 8 atom stereocenters. The van der Waals surface area contributed by atoms with E-state index in [1.165, 1.54) is 10.8 Å². The predicted octanol–water partition coefficient (Wildman–Crippen LogP) is 0.169. The highest BCUT2D eigenvalue weighted by Crippen LogP contribution is 2.66. The van der Waals surface area contributed by atoms with Crippen molar-refractivity contribution in [1.29, 1.82) is 0 Å². The van der Waals surface area contributed by atoms with Crippen molar-refractivity contribution < 1.29 is 70.6 Å². The van der Waals surface area contributed by atoms with Crippen LogP contribution in [0.4, 0.5) is 10.7 Å². The first-order valence-electron chi connectivity index (χ1n) is 18.0. The predicted molar refractivity (Wildman–Crippen MR) is 204 cm³/mol. The SMILES string of the molecule is Nc1nc2c(c(C#CCNC(=O)CCCCCNC(=O)CCCCC3SCC4NC(=O)NC43)cn2[C@H]2CC(O)[C@@H](COP(=O)(O)OP(=O)(O)OP(=O)(O)O)O2)c(=O)[nH]1. The molecule has 28 heteroatoms. The molecule has 3 aliphatic rings. The summed E-state index contributed by atoms with van der Waals surface area (Å²) in [4.78, 5) is 91.9. The Kier molecular flexibility index (Phi) is 15.6. The maximum atomic E-state index is 12.9. The van der Waals surface area contributed by atoms with Gasteiger partial charge in [-0.15, -0.1) is 0 Å². The zero-order valence-electron chi connectivity index (χ0n) is 30.7. The zero-order valence-corrected chi connectivity index (χ0v) is 34.2. The minimum atomic E-state index is -5.76. The van der Waals surface area contributed by atoms with E-state index in [0.717, 1.165) is 31.4 Å². The summed E-state index contributed by atoms with van der Waals surface area (Å²) < 4.78 is 53.5. The number of aromatic nitrogens is 3. The molecule has 12 N–H and O–H groups in total. The number of nitrogens with zero attached hydrogens (tertiary/aromatic N) is 2. The van der Waals surface area contributed by atoms with Crippen LogP contribution in [0.25, 0.3) is 11.0 Å².